The molecule has 0 aliphatic rings. The number of nitrogens with one attached hydrogen (secondary N) is 1. The molecule has 0 saturated heterocycles. The molecule has 0 heterocycles. The molecule has 0 saturated carbocycles. The quantitative estimate of drug-likeness (QED) is 0.366. The fourth-order valence-electron chi connectivity index (χ4n) is 0.422. The van der Waals surface area contributed by atoms with Crippen molar-refractivity contribution in [3.8, 4) is 0 Å². The first kappa shape index (κ1) is 9.25. The molecule has 0 radical (unpaired) electrons. The largest absolute Gasteiger partial charge is 0.350 e. The highest BCUT2D eigenvalue weighted by atomic mass is 35.5. The number of hydrogen-bond acceptors (Lipinski definition) is 1. The van der Waals surface area contributed by atoms with Crippen LogP contribution in [0.15, 0.2) is 0 Å². The van der Waals surface area contributed by atoms with Gasteiger partial charge in [-0.15, -0.1) is 11.6 Å². The van der Waals surface area contributed by atoms with Gasteiger partial charge in [-0.2, -0.15) is 0 Å². The minimum atomic E-state index is -0.222. The normalized spacial score (nSPS) is 8.40. The van der Waals surface area contributed by atoms with Gasteiger partial charge in [0.2, 0.25) is 0 Å². The summed E-state index contributed by atoms with van der Waals surface area (Å²) in [7, 11) is 0. The van der Waals surface area contributed by atoms with Crippen molar-refractivity contribution < 1.29 is 4.79 Å². The molecule has 0 bridgehead atoms. The van der Waals surface area contributed by atoms with Gasteiger partial charge >= 0.3 is 0 Å². The van der Waals surface area contributed by atoms with E-state index < -0.39 is 0 Å². The van der Waals surface area contributed by atoms with Crippen LogP contribution in [0.2, 0.25) is 0 Å². The number of amides is 1. The zero-order valence-corrected chi connectivity index (χ0v) is 6.32. The summed E-state index contributed by atoms with van der Waals surface area (Å²) in [5, 5.41) is 2.55. The summed E-state index contributed by atoms with van der Waals surface area (Å²) < 4.78 is 0. The molecular weight excluding hydrogens is 152 g/mol. The maximum absolute atomic E-state index is 10.5. The van der Waals surface area contributed by atoms with Crippen LogP contribution in [0, 0.1) is 6.57 Å². The molecule has 0 atom stereocenters. The third-order valence-electron chi connectivity index (χ3n) is 0.855. The lowest BCUT2D eigenvalue weighted by Gasteiger charge is -1.96. The summed E-state index contributed by atoms with van der Waals surface area (Å²) in [5.41, 5.74) is 0. The zero-order chi connectivity index (χ0) is 7.82. The molecule has 4 heteroatoms. The third kappa shape index (κ3) is 5.39. The van der Waals surface area contributed by atoms with Gasteiger partial charge in [0.05, 0.1) is 0 Å². The number of nitrogens with zero attached hydrogens (tertiary/aromatic N) is 1. The molecule has 56 valence electrons. The Kier molecular flexibility index (Phi) is 5.89. The molecule has 10 heavy (non-hydrogen) atoms. The van der Waals surface area contributed by atoms with Crippen molar-refractivity contribution in [1.82, 2.24) is 5.32 Å². The van der Waals surface area contributed by atoms with E-state index in [1.165, 1.54) is 0 Å². The van der Waals surface area contributed by atoms with E-state index in [0.29, 0.717) is 12.4 Å². The van der Waals surface area contributed by atoms with E-state index in [-0.39, 0.29) is 12.5 Å². The number of carbonyl (C=O) groups excluding carboxylic acids is 1. The van der Waals surface area contributed by atoms with Crippen molar-refractivity contribution in [3.63, 3.8) is 0 Å². The Balaban J connectivity index is 3.15. The molecule has 0 aromatic heterocycles. The molecule has 3 nitrogen and oxygen atoms in total. The Morgan fingerprint density at radius 2 is 2.40 bits per heavy atom. The second-order valence-corrected chi connectivity index (χ2v) is 2.09. The van der Waals surface area contributed by atoms with Crippen LogP contribution >= 0.6 is 11.6 Å². The highest BCUT2D eigenvalue weighted by Gasteiger charge is 1.99. The van der Waals surface area contributed by atoms with Crippen LogP contribution in [0.3, 0.4) is 0 Å². The highest BCUT2D eigenvalue weighted by Crippen LogP contribution is 1.80. The minimum Gasteiger partial charge on any atom is -0.350 e. The van der Waals surface area contributed by atoms with Gasteiger partial charge in [-0.25, -0.2) is 6.57 Å². The summed E-state index contributed by atoms with van der Waals surface area (Å²) in [6.45, 7) is 6.84. The van der Waals surface area contributed by atoms with E-state index in [1.54, 1.807) is 0 Å². The molecule has 1 N–H and O–H groups in total. The average molecular weight is 161 g/mol. The maximum Gasteiger partial charge on any atom is 0.300 e. The van der Waals surface area contributed by atoms with Gasteiger partial charge < -0.3 is 10.2 Å². The van der Waals surface area contributed by atoms with E-state index in [9.17, 15) is 4.79 Å². The lowest BCUT2D eigenvalue weighted by molar-refractivity contribution is -0.119. The Morgan fingerprint density at radius 3 is 2.90 bits per heavy atom. The smallest absolute Gasteiger partial charge is 0.300 e. The monoisotopic (exact) mass is 160 g/mol. The number of carbonyl (C=O) groups is 1. The maximum atomic E-state index is 10.5. The standard InChI is InChI=1S/C6H9ClN2O/c1-8-5-6(10)9-4-2-3-7/h2-5H2,(H,9,10). The summed E-state index contributed by atoms with van der Waals surface area (Å²) >= 11 is 5.35. The van der Waals surface area contributed by atoms with Gasteiger partial charge in [0.1, 0.15) is 0 Å². The van der Waals surface area contributed by atoms with E-state index >= 15 is 0 Å². The van der Waals surface area contributed by atoms with Gasteiger partial charge in [0.15, 0.2) is 0 Å². The summed E-state index contributed by atoms with van der Waals surface area (Å²) in [4.78, 5) is 13.5. The first-order valence-electron chi connectivity index (χ1n) is 2.97. The number of rotatable bonds is 4. The molecule has 1 amide bonds. The van der Waals surface area contributed by atoms with Gasteiger partial charge in [-0.05, 0) is 6.42 Å². The predicted molar refractivity (Wildman–Crippen MR) is 39.8 cm³/mol. The Morgan fingerprint density at radius 1 is 1.70 bits per heavy atom. The summed E-state index contributed by atoms with van der Waals surface area (Å²) in [6, 6.07) is 0. The number of halogens is 1. The molecule has 0 aliphatic carbocycles. The van der Waals surface area contributed by atoms with E-state index in [4.69, 9.17) is 18.2 Å². The molecule has 0 aromatic carbocycles. The van der Waals surface area contributed by atoms with Crippen molar-refractivity contribution in [2.75, 3.05) is 19.0 Å². The number of hydrogen-bond donors (Lipinski definition) is 1. The van der Waals surface area contributed by atoms with Crippen LogP contribution in [-0.4, -0.2) is 24.9 Å². The highest BCUT2D eigenvalue weighted by molar-refractivity contribution is 6.17. The van der Waals surface area contributed by atoms with Crippen LogP contribution in [0.1, 0.15) is 6.42 Å². The van der Waals surface area contributed by atoms with Crippen LogP contribution in [0.4, 0.5) is 0 Å². The molecule has 0 unspecified atom stereocenters. The van der Waals surface area contributed by atoms with E-state index in [2.05, 4.69) is 10.2 Å². The molecule has 0 aromatic rings. The van der Waals surface area contributed by atoms with Gasteiger partial charge in [-0.1, -0.05) is 0 Å². The van der Waals surface area contributed by atoms with Crippen LogP contribution in [0.5, 0.6) is 0 Å². The SMILES string of the molecule is [C-]#[N+]CC(=O)NCCCCl. The molecular formula is C6H9ClN2O. The number of alkyl halides is 1. The molecule has 0 spiro atoms. The van der Waals surface area contributed by atoms with Gasteiger partial charge in [0, 0.05) is 12.4 Å². The third-order valence-corrected chi connectivity index (χ3v) is 1.12. The summed E-state index contributed by atoms with van der Waals surface area (Å²) in [6.07, 6.45) is 0.755. The average Bonchev–Trinajstić information content (AvgIpc) is 1.89. The Bertz CT molecular complexity index is 141. The molecule has 0 rings (SSSR count). The Labute approximate surface area is 65.2 Å². The van der Waals surface area contributed by atoms with Crippen molar-refractivity contribution in [1.29, 1.82) is 0 Å². The fraction of sp³-hybridized carbons (Fsp3) is 0.667. The topological polar surface area (TPSA) is 33.5 Å². The van der Waals surface area contributed by atoms with Crippen molar-refractivity contribution in [2.45, 2.75) is 6.42 Å². The van der Waals surface area contributed by atoms with Crippen LogP contribution in [-0.2, 0) is 4.79 Å². The van der Waals surface area contributed by atoms with Crippen molar-refractivity contribution in [3.05, 3.63) is 11.4 Å². The molecule has 0 aliphatic heterocycles. The fourth-order valence-corrected chi connectivity index (χ4v) is 0.556. The second-order valence-electron chi connectivity index (χ2n) is 1.71. The predicted octanol–water partition coefficient (Wildman–Crippen LogP) is 0.651. The Hall–Kier alpha value is -0.750. The van der Waals surface area contributed by atoms with Crippen molar-refractivity contribution in [2.24, 2.45) is 0 Å². The zero-order valence-electron chi connectivity index (χ0n) is 5.56. The van der Waals surface area contributed by atoms with E-state index in [0.717, 1.165) is 6.42 Å². The lowest BCUT2D eigenvalue weighted by Crippen LogP contribution is -2.26. The second kappa shape index (κ2) is 6.37. The molecule has 0 fully saturated rings. The van der Waals surface area contributed by atoms with E-state index in [1.807, 2.05) is 0 Å². The van der Waals surface area contributed by atoms with Gasteiger partial charge in [0.25, 0.3) is 12.5 Å². The first-order valence-corrected chi connectivity index (χ1v) is 3.50. The summed E-state index contributed by atoms with van der Waals surface area (Å²) in [5.74, 6) is 0.318. The minimum absolute atomic E-state index is 0.0811. The van der Waals surface area contributed by atoms with Crippen molar-refractivity contribution >= 4 is 17.5 Å². The van der Waals surface area contributed by atoms with Gasteiger partial charge in [-0.3, -0.25) is 4.79 Å². The van der Waals surface area contributed by atoms with Crippen LogP contribution in [0.25, 0.3) is 4.85 Å². The van der Waals surface area contributed by atoms with Crippen LogP contribution < -0.4 is 5.32 Å². The lowest BCUT2D eigenvalue weighted by atomic mass is 10.4. The first-order chi connectivity index (χ1) is 4.81.